The van der Waals surface area contributed by atoms with Crippen molar-refractivity contribution in [3.8, 4) is 0 Å². The lowest BCUT2D eigenvalue weighted by Gasteiger charge is -2.33. The van der Waals surface area contributed by atoms with Gasteiger partial charge in [-0.15, -0.1) is 0 Å². The number of aryl methyl sites for hydroxylation is 1. The summed E-state index contributed by atoms with van der Waals surface area (Å²) < 4.78 is 1.90. The minimum absolute atomic E-state index is 0.126. The molecule has 5 heteroatoms. The van der Waals surface area contributed by atoms with Crippen LogP contribution in [0, 0.1) is 19.8 Å². The molecule has 20 heavy (non-hydrogen) atoms. The molecule has 0 radical (unpaired) electrons. The van der Waals surface area contributed by atoms with Crippen LogP contribution in [-0.4, -0.2) is 50.7 Å². The normalized spacial score (nSPS) is 19.4. The largest absolute Gasteiger partial charge is 0.394 e. The fraction of sp³-hybridized carbons (Fsp3) is 0.800. The van der Waals surface area contributed by atoms with E-state index in [0.29, 0.717) is 12.5 Å². The Morgan fingerprint density at radius 1 is 1.30 bits per heavy atom. The van der Waals surface area contributed by atoms with Gasteiger partial charge in [0.1, 0.15) is 0 Å². The van der Waals surface area contributed by atoms with Gasteiger partial charge in [-0.05, 0) is 52.6 Å². The molecule has 5 nitrogen and oxygen atoms in total. The van der Waals surface area contributed by atoms with Gasteiger partial charge < -0.3 is 10.2 Å². The zero-order chi connectivity index (χ0) is 14.7. The summed E-state index contributed by atoms with van der Waals surface area (Å²) in [5.74, 6) is 0.450. The fourth-order valence-electron chi connectivity index (χ4n) is 3.09. The number of piperidine rings is 1. The highest BCUT2D eigenvalue weighted by atomic mass is 16.3. The Hall–Kier alpha value is -0.910. The summed E-state index contributed by atoms with van der Waals surface area (Å²) in [4.78, 5) is 2.44. The molecule has 114 valence electrons. The molecular formula is C15H27N3O2. The first-order valence-corrected chi connectivity index (χ1v) is 7.57. The summed E-state index contributed by atoms with van der Waals surface area (Å²) in [6, 6.07) is 0. The molecule has 2 N–H and O–H groups in total. The second-order valence-corrected chi connectivity index (χ2v) is 5.95. The summed E-state index contributed by atoms with van der Waals surface area (Å²) >= 11 is 0. The van der Waals surface area contributed by atoms with Crippen molar-refractivity contribution in [1.82, 2.24) is 14.7 Å². The quantitative estimate of drug-likeness (QED) is 0.848. The minimum Gasteiger partial charge on any atom is -0.394 e. The Labute approximate surface area is 121 Å². The number of aliphatic hydroxyl groups is 2. The molecule has 0 bridgehead atoms. The van der Waals surface area contributed by atoms with E-state index >= 15 is 0 Å². The van der Waals surface area contributed by atoms with E-state index in [9.17, 15) is 5.11 Å². The van der Waals surface area contributed by atoms with Gasteiger partial charge in [0.25, 0.3) is 0 Å². The number of rotatable bonds is 5. The number of hydrogen-bond acceptors (Lipinski definition) is 4. The summed E-state index contributed by atoms with van der Waals surface area (Å²) in [5.41, 5.74) is 3.51. The van der Waals surface area contributed by atoms with Gasteiger partial charge in [-0.2, -0.15) is 5.10 Å². The van der Waals surface area contributed by atoms with E-state index in [0.717, 1.165) is 43.9 Å². The zero-order valence-electron chi connectivity index (χ0n) is 12.8. The molecule has 1 aliphatic rings. The molecule has 1 atom stereocenters. The molecule has 0 amide bonds. The second kappa shape index (κ2) is 6.70. The van der Waals surface area contributed by atoms with E-state index < -0.39 is 0 Å². The van der Waals surface area contributed by atoms with Crippen LogP contribution in [0.1, 0.15) is 36.7 Å². The van der Waals surface area contributed by atoms with E-state index in [4.69, 9.17) is 5.11 Å². The summed E-state index contributed by atoms with van der Waals surface area (Å²) in [6.07, 6.45) is 1.95. The Morgan fingerprint density at radius 3 is 2.50 bits per heavy atom. The molecule has 1 aliphatic heterocycles. The topological polar surface area (TPSA) is 61.5 Å². The first-order valence-electron chi connectivity index (χ1n) is 7.57. The average Bonchev–Trinajstić information content (AvgIpc) is 2.68. The third kappa shape index (κ3) is 3.40. The molecule has 0 aromatic carbocycles. The molecule has 1 saturated heterocycles. The Bertz CT molecular complexity index is 435. The van der Waals surface area contributed by atoms with Crippen molar-refractivity contribution in [2.75, 3.05) is 19.7 Å². The van der Waals surface area contributed by atoms with Crippen molar-refractivity contribution in [2.24, 2.45) is 5.92 Å². The summed E-state index contributed by atoms with van der Waals surface area (Å²) in [6.45, 7) is 9.71. The molecule has 1 unspecified atom stereocenters. The van der Waals surface area contributed by atoms with Gasteiger partial charge in [-0.25, -0.2) is 0 Å². The van der Waals surface area contributed by atoms with Crippen molar-refractivity contribution in [3.05, 3.63) is 17.0 Å². The molecule has 0 saturated carbocycles. The Balaban J connectivity index is 1.97. The van der Waals surface area contributed by atoms with Crippen LogP contribution in [0.2, 0.25) is 0 Å². The third-order valence-electron chi connectivity index (χ3n) is 4.54. The SMILES string of the molecule is Cc1nn(CCO)c(C)c1CN1CCC(C(C)O)CC1. The fourth-order valence-corrected chi connectivity index (χ4v) is 3.09. The first-order chi connectivity index (χ1) is 9.52. The molecule has 1 fully saturated rings. The van der Waals surface area contributed by atoms with Crippen LogP contribution in [0.5, 0.6) is 0 Å². The van der Waals surface area contributed by atoms with Crippen LogP contribution in [0.25, 0.3) is 0 Å². The van der Waals surface area contributed by atoms with Crippen LogP contribution in [-0.2, 0) is 13.1 Å². The standard InChI is InChI=1S/C15H27N3O2/c1-11-15(12(2)18(16-11)8-9-19)10-17-6-4-14(5-7-17)13(3)20/h13-14,19-20H,4-10H2,1-3H3. The van der Waals surface area contributed by atoms with Crippen molar-refractivity contribution in [1.29, 1.82) is 0 Å². The maximum absolute atomic E-state index is 9.65. The smallest absolute Gasteiger partial charge is 0.0644 e. The molecule has 0 aliphatic carbocycles. The zero-order valence-corrected chi connectivity index (χ0v) is 12.8. The monoisotopic (exact) mass is 281 g/mol. The van der Waals surface area contributed by atoms with E-state index in [-0.39, 0.29) is 12.7 Å². The highest BCUT2D eigenvalue weighted by Gasteiger charge is 2.24. The van der Waals surface area contributed by atoms with Gasteiger partial charge >= 0.3 is 0 Å². The van der Waals surface area contributed by atoms with E-state index in [1.54, 1.807) is 0 Å². The molecule has 1 aromatic heterocycles. The molecule has 0 spiro atoms. The lowest BCUT2D eigenvalue weighted by Crippen LogP contribution is -2.36. The molecule has 1 aromatic rings. The van der Waals surface area contributed by atoms with E-state index in [1.165, 1.54) is 5.56 Å². The number of aromatic nitrogens is 2. The first kappa shape index (κ1) is 15.5. The highest BCUT2D eigenvalue weighted by Crippen LogP contribution is 2.23. The second-order valence-electron chi connectivity index (χ2n) is 5.95. The highest BCUT2D eigenvalue weighted by molar-refractivity contribution is 5.24. The van der Waals surface area contributed by atoms with Gasteiger partial charge in [0.15, 0.2) is 0 Å². The van der Waals surface area contributed by atoms with Gasteiger partial charge in [0, 0.05) is 17.8 Å². The summed E-state index contributed by atoms with van der Waals surface area (Å²) in [7, 11) is 0. The average molecular weight is 281 g/mol. The number of hydrogen-bond donors (Lipinski definition) is 2. The summed E-state index contributed by atoms with van der Waals surface area (Å²) in [5, 5.41) is 23.2. The lowest BCUT2D eigenvalue weighted by atomic mass is 9.92. The van der Waals surface area contributed by atoms with Crippen LogP contribution in [0.3, 0.4) is 0 Å². The van der Waals surface area contributed by atoms with Crippen LogP contribution >= 0.6 is 0 Å². The number of aliphatic hydroxyl groups excluding tert-OH is 2. The third-order valence-corrected chi connectivity index (χ3v) is 4.54. The van der Waals surface area contributed by atoms with Crippen molar-refractivity contribution in [2.45, 2.75) is 52.8 Å². The Kier molecular flexibility index (Phi) is 5.18. The molecule has 2 rings (SSSR count). The number of nitrogens with zero attached hydrogens (tertiary/aromatic N) is 3. The number of likely N-dealkylation sites (tertiary alicyclic amines) is 1. The Morgan fingerprint density at radius 2 is 1.95 bits per heavy atom. The molecular weight excluding hydrogens is 254 g/mol. The van der Waals surface area contributed by atoms with Crippen molar-refractivity contribution < 1.29 is 10.2 Å². The predicted octanol–water partition coefficient (Wildman–Crippen LogP) is 1.09. The van der Waals surface area contributed by atoms with Crippen LogP contribution in [0.4, 0.5) is 0 Å². The lowest BCUT2D eigenvalue weighted by molar-refractivity contribution is 0.0694. The van der Waals surface area contributed by atoms with Gasteiger partial charge in [-0.3, -0.25) is 9.58 Å². The van der Waals surface area contributed by atoms with Gasteiger partial charge in [0.2, 0.25) is 0 Å². The minimum atomic E-state index is -0.187. The van der Waals surface area contributed by atoms with E-state index in [1.807, 2.05) is 18.5 Å². The van der Waals surface area contributed by atoms with E-state index in [2.05, 4.69) is 16.9 Å². The van der Waals surface area contributed by atoms with Crippen LogP contribution < -0.4 is 0 Å². The predicted molar refractivity (Wildman–Crippen MR) is 78.5 cm³/mol. The maximum Gasteiger partial charge on any atom is 0.0644 e. The van der Waals surface area contributed by atoms with Gasteiger partial charge in [-0.1, -0.05) is 0 Å². The van der Waals surface area contributed by atoms with Crippen LogP contribution in [0.15, 0.2) is 0 Å². The maximum atomic E-state index is 9.65. The van der Waals surface area contributed by atoms with Gasteiger partial charge in [0.05, 0.1) is 24.9 Å². The van der Waals surface area contributed by atoms with Crippen molar-refractivity contribution >= 4 is 0 Å². The van der Waals surface area contributed by atoms with Crippen molar-refractivity contribution in [3.63, 3.8) is 0 Å². The molecule has 2 heterocycles.